The van der Waals surface area contributed by atoms with E-state index in [1.807, 2.05) is 22.6 Å². The van der Waals surface area contributed by atoms with Crippen molar-refractivity contribution in [2.75, 3.05) is 0 Å². The van der Waals surface area contributed by atoms with Crippen molar-refractivity contribution in [1.82, 2.24) is 19.8 Å². The van der Waals surface area contributed by atoms with Gasteiger partial charge in [-0.25, -0.2) is 8.78 Å². The molecule has 2 heterocycles. The number of rotatable bonds is 4. The molecular formula is C12H6F2IN5O3. The Labute approximate surface area is 140 Å². The zero-order valence-electron chi connectivity index (χ0n) is 11.1. The molecule has 2 aromatic heterocycles. The number of benzene rings is 1. The van der Waals surface area contributed by atoms with Crippen LogP contribution in [-0.2, 0) is 0 Å². The maximum atomic E-state index is 12.8. The molecule has 118 valence electrons. The molecule has 0 aliphatic carbocycles. The minimum absolute atomic E-state index is 0.0161. The van der Waals surface area contributed by atoms with Crippen LogP contribution in [0.5, 0.6) is 11.6 Å². The van der Waals surface area contributed by atoms with E-state index in [1.54, 1.807) is 0 Å². The fourth-order valence-corrected chi connectivity index (χ4v) is 2.22. The average molecular weight is 433 g/mol. The van der Waals surface area contributed by atoms with Crippen molar-refractivity contribution in [2.45, 2.75) is 6.43 Å². The van der Waals surface area contributed by atoms with Crippen LogP contribution in [0, 0.1) is 13.7 Å². The molecule has 1 aromatic carbocycles. The van der Waals surface area contributed by atoms with E-state index in [4.69, 9.17) is 4.74 Å². The van der Waals surface area contributed by atoms with E-state index in [-0.39, 0.29) is 23.0 Å². The molecule has 3 rings (SSSR count). The van der Waals surface area contributed by atoms with Crippen LogP contribution in [0.2, 0.25) is 0 Å². The second-order valence-electron chi connectivity index (χ2n) is 4.27. The number of ether oxygens (including phenoxy) is 1. The molecule has 23 heavy (non-hydrogen) atoms. The van der Waals surface area contributed by atoms with Crippen LogP contribution in [0.3, 0.4) is 0 Å². The Hall–Kier alpha value is -2.44. The number of aromatic nitrogens is 4. The third-order valence-electron chi connectivity index (χ3n) is 2.80. The smallest absolute Gasteiger partial charge is 0.299 e. The molecule has 0 fully saturated rings. The highest BCUT2D eigenvalue weighted by Crippen LogP contribution is 2.30. The molecule has 0 aliphatic rings. The average Bonchev–Trinajstić information content (AvgIpc) is 2.92. The molecular weight excluding hydrogens is 427 g/mol. The first-order valence-corrected chi connectivity index (χ1v) is 7.16. The highest BCUT2D eigenvalue weighted by atomic mass is 127. The van der Waals surface area contributed by atoms with E-state index in [1.165, 1.54) is 30.3 Å². The Balaban J connectivity index is 2.00. The van der Waals surface area contributed by atoms with Crippen molar-refractivity contribution in [3.63, 3.8) is 0 Å². The number of nitro groups is 1. The highest BCUT2D eigenvalue weighted by Gasteiger charge is 2.18. The molecule has 0 aliphatic heterocycles. The monoisotopic (exact) mass is 433 g/mol. The van der Waals surface area contributed by atoms with Gasteiger partial charge in [-0.1, -0.05) is 0 Å². The predicted molar refractivity (Wildman–Crippen MR) is 81.6 cm³/mol. The zero-order valence-corrected chi connectivity index (χ0v) is 13.2. The standard InChI is InChI=1S/C12H6F2IN5O3/c13-11(14)12-17-16-9-3-4-10(18-19(9)12)23-8-5-6(20(21)22)1-2-7(8)15/h1-5,11H. The summed E-state index contributed by atoms with van der Waals surface area (Å²) in [4.78, 5) is 10.2. The van der Waals surface area contributed by atoms with Crippen LogP contribution in [0.25, 0.3) is 5.65 Å². The van der Waals surface area contributed by atoms with Gasteiger partial charge in [0.1, 0.15) is 5.75 Å². The van der Waals surface area contributed by atoms with E-state index in [9.17, 15) is 18.9 Å². The lowest BCUT2D eigenvalue weighted by atomic mass is 10.3. The number of alkyl halides is 2. The minimum atomic E-state index is -2.84. The van der Waals surface area contributed by atoms with Crippen molar-refractivity contribution < 1.29 is 18.4 Å². The fraction of sp³-hybridized carbons (Fsp3) is 0.0833. The number of hydrogen-bond acceptors (Lipinski definition) is 6. The lowest BCUT2D eigenvalue weighted by Crippen LogP contribution is -2.01. The lowest BCUT2D eigenvalue weighted by Gasteiger charge is -2.07. The summed E-state index contributed by atoms with van der Waals surface area (Å²) in [6, 6.07) is 6.89. The third kappa shape index (κ3) is 3.04. The second-order valence-corrected chi connectivity index (χ2v) is 5.44. The number of nitro benzene ring substituents is 1. The highest BCUT2D eigenvalue weighted by molar-refractivity contribution is 14.1. The van der Waals surface area contributed by atoms with Gasteiger partial charge < -0.3 is 4.74 Å². The number of nitrogens with zero attached hydrogens (tertiary/aromatic N) is 5. The summed E-state index contributed by atoms with van der Waals surface area (Å²) in [5.41, 5.74) is -0.0135. The first-order valence-electron chi connectivity index (χ1n) is 6.08. The van der Waals surface area contributed by atoms with E-state index in [0.717, 1.165) is 4.52 Å². The Bertz CT molecular complexity index is 902. The molecule has 0 atom stereocenters. The molecule has 0 amide bonds. The summed E-state index contributed by atoms with van der Waals surface area (Å²) in [6.07, 6.45) is -2.84. The van der Waals surface area contributed by atoms with Gasteiger partial charge in [0.05, 0.1) is 14.6 Å². The second kappa shape index (κ2) is 5.98. The summed E-state index contributed by atoms with van der Waals surface area (Å²) < 4.78 is 32.6. The maximum absolute atomic E-state index is 12.8. The molecule has 0 saturated heterocycles. The van der Waals surface area contributed by atoms with Crippen molar-refractivity contribution >= 4 is 33.9 Å². The molecule has 11 heteroatoms. The van der Waals surface area contributed by atoms with Crippen LogP contribution in [0.1, 0.15) is 12.2 Å². The van der Waals surface area contributed by atoms with Crippen LogP contribution >= 0.6 is 22.6 Å². The molecule has 0 unspecified atom stereocenters. The van der Waals surface area contributed by atoms with Crippen LogP contribution in [0.15, 0.2) is 30.3 Å². The van der Waals surface area contributed by atoms with Crippen LogP contribution in [-0.4, -0.2) is 24.7 Å². The van der Waals surface area contributed by atoms with Crippen molar-refractivity contribution in [1.29, 1.82) is 0 Å². The van der Waals surface area contributed by atoms with Crippen LogP contribution < -0.4 is 4.74 Å². The maximum Gasteiger partial charge on any atom is 0.299 e. The zero-order chi connectivity index (χ0) is 16.6. The third-order valence-corrected chi connectivity index (χ3v) is 3.69. The van der Waals surface area contributed by atoms with E-state index < -0.39 is 17.2 Å². The SMILES string of the molecule is O=[N+]([O-])c1ccc(I)c(Oc2ccc3nnc(C(F)F)n3n2)c1. The first-order chi connectivity index (χ1) is 11.0. The quantitative estimate of drug-likeness (QED) is 0.356. The summed E-state index contributed by atoms with van der Waals surface area (Å²) in [6.45, 7) is 0. The van der Waals surface area contributed by atoms with Crippen molar-refractivity contribution in [3.05, 3.63) is 49.8 Å². The molecule has 8 nitrogen and oxygen atoms in total. The van der Waals surface area contributed by atoms with Crippen molar-refractivity contribution in [2.24, 2.45) is 0 Å². The minimum Gasteiger partial charge on any atom is -0.436 e. The predicted octanol–water partition coefficient (Wildman–Crippen LogP) is 3.37. The molecule has 0 spiro atoms. The molecule has 0 saturated carbocycles. The van der Waals surface area contributed by atoms with E-state index in [0.29, 0.717) is 3.57 Å². The van der Waals surface area contributed by atoms with Gasteiger partial charge in [-0.15, -0.1) is 15.3 Å². The molecule has 0 radical (unpaired) electrons. The Kier molecular flexibility index (Phi) is 4.02. The Morgan fingerprint density at radius 3 is 2.74 bits per heavy atom. The van der Waals surface area contributed by atoms with E-state index in [2.05, 4.69) is 15.3 Å². The molecule has 0 N–H and O–H groups in total. The normalized spacial score (nSPS) is 11.1. The van der Waals surface area contributed by atoms with Crippen molar-refractivity contribution in [3.8, 4) is 11.6 Å². The first kappa shape index (κ1) is 15.5. The molecule has 3 aromatic rings. The number of halogens is 3. The summed E-state index contributed by atoms with van der Waals surface area (Å²) in [5.74, 6) is -0.435. The molecule has 0 bridgehead atoms. The van der Waals surface area contributed by atoms with Crippen LogP contribution in [0.4, 0.5) is 14.5 Å². The van der Waals surface area contributed by atoms with Gasteiger partial charge in [0.15, 0.2) is 5.65 Å². The number of hydrogen-bond donors (Lipinski definition) is 0. The van der Waals surface area contributed by atoms with Gasteiger partial charge in [0.25, 0.3) is 12.1 Å². The summed E-state index contributed by atoms with van der Waals surface area (Å²) in [5, 5.41) is 21.6. The van der Waals surface area contributed by atoms with Gasteiger partial charge in [-0.3, -0.25) is 10.1 Å². The largest absolute Gasteiger partial charge is 0.436 e. The topological polar surface area (TPSA) is 95.5 Å². The van der Waals surface area contributed by atoms with E-state index >= 15 is 0 Å². The lowest BCUT2D eigenvalue weighted by molar-refractivity contribution is -0.384. The summed E-state index contributed by atoms with van der Waals surface area (Å²) in [7, 11) is 0. The Morgan fingerprint density at radius 1 is 1.26 bits per heavy atom. The van der Waals surface area contributed by atoms with Gasteiger partial charge in [0.2, 0.25) is 11.7 Å². The van der Waals surface area contributed by atoms with Gasteiger partial charge in [-0.05, 0) is 34.7 Å². The number of non-ortho nitro benzene ring substituents is 1. The van der Waals surface area contributed by atoms with Gasteiger partial charge >= 0.3 is 0 Å². The van der Waals surface area contributed by atoms with Gasteiger partial charge in [-0.2, -0.15) is 4.52 Å². The summed E-state index contributed by atoms with van der Waals surface area (Å²) >= 11 is 1.93. The fourth-order valence-electron chi connectivity index (χ4n) is 1.78. The number of fused-ring (bicyclic) bond motifs is 1. The van der Waals surface area contributed by atoms with Gasteiger partial charge in [0, 0.05) is 12.1 Å². The Morgan fingerprint density at radius 2 is 2.04 bits per heavy atom.